The Morgan fingerprint density at radius 3 is 2.06 bits per heavy atom. The van der Waals surface area contributed by atoms with E-state index >= 15 is 0 Å². The van der Waals surface area contributed by atoms with Crippen LogP contribution < -0.4 is 10.6 Å². The van der Waals surface area contributed by atoms with Gasteiger partial charge in [-0.05, 0) is 59.8 Å². The average Bonchev–Trinajstić information content (AvgIpc) is 3.29. The summed E-state index contributed by atoms with van der Waals surface area (Å²) in [4.78, 5) is 24.7. The number of rotatable bonds is 8. The van der Waals surface area contributed by atoms with Gasteiger partial charge in [-0.1, -0.05) is 18.2 Å². The van der Waals surface area contributed by atoms with Crippen molar-refractivity contribution in [3.05, 3.63) is 88.1 Å². The summed E-state index contributed by atoms with van der Waals surface area (Å²) in [6, 6.07) is 13.5. The molecule has 2 aromatic carbocycles. The first kappa shape index (κ1) is 23.6. The molecule has 1 atom stereocenters. The van der Waals surface area contributed by atoms with Crippen molar-refractivity contribution in [3.8, 4) is 0 Å². The standard InChI is InChI=1S/C22H20F2N2O4S2/c23-16-5-3-15(4-6-16)11-12-25-21(27)22(28)26-14-20(19-2-1-13-31-19)32(29,30)18-9-7-17(24)8-10-18/h1-10,13,20H,11-12,14H2,(H,25,27)(H,26,28)/t20-/m0/s1. The lowest BCUT2D eigenvalue weighted by atomic mass is 10.1. The molecule has 3 rings (SSSR count). The quantitative estimate of drug-likeness (QED) is 0.385. The summed E-state index contributed by atoms with van der Waals surface area (Å²) in [6.07, 6.45) is 0.399. The highest BCUT2D eigenvalue weighted by Gasteiger charge is 2.31. The summed E-state index contributed by atoms with van der Waals surface area (Å²) < 4.78 is 52.3. The molecule has 0 bridgehead atoms. The van der Waals surface area contributed by atoms with Gasteiger partial charge in [-0.2, -0.15) is 0 Å². The van der Waals surface area contributed by atoms with Gasteiger partial charge in [0.2, 0.25) is 0 Å². The zero-order valence-corrected chi connectivity index (χ0v) is 18.4. The van der Waals surface area contributed by atoms with E-state index in [0.29, 0.717) is 11.3 Å². The number of benzene rings is 2. The highest BCUT2D eigenvalue weighted by molar-refractivity contribution is 7.91. The lowest BCUT2D eigenvalue weighted by Gasteiger charge is -2.17. The third-order valence-electron chi connectivity index (χ3n) is 4.64. The number of sulfone groups is 1. The molecule has 0 aliphatic rings. The van der Waals surface area contributed by atoms with Crippen LogP contribution in [-0.4, -0.2) is 33.3 Å². The molecular formula is C22H20F2N2O4S2. The Kier molecular flexibility index (Phi) is 7.70. The normalized spacial score (nSPS) is 12.2. The average molecular weight is 479 g/mol. The maximum Gasteiger partial charge on any atom is 0.309 e. The van der Waals surface area contributed by atoms with Crippen molar-refractivity contribution in [2.24, 2.45) is 0 Å². The molecule has 0 saturated heterocycles. The van der Waals surface area contributed by atoms with Gasteiger partial charge in [-0.3, -0.25) is 9.59 Å². The minimum atomic E-state index is -3.95. The molecule has 168 valence electrons. The monoisotopic (exact) mass is 478 g/mol. The molecule has 2 amide bonds. The van der Waals surface area contributed by atoms with Crippen molar-refractivity contribution >= 4 is 33.0 Å². The van der Waals surface area contributed by atoms with Crippen LogP contribution in [0.5, 0.6) is 0 Å². The molecule has 0 spiro atoms. The van der Waals surface area contributed by atoms with Crippen molar-refractivity contribution in [1.82, 2.24) is 10.6 Å². The van der Waals surface area contributed by atoms with Crippen LogP contribution in [-0.2, 0) is 25.8 Å². The Morgan fingerprint density at radius 2 is 1.47 bits per heavy atom. The van der Waals surface area contributed by atoms with Gasteiger partial charge in [0.05, 0.1) is 4.90 Å². The second-order valence-corrected chi connectivity index (χ2v) is 9.96. The van der Waals surface area contributed by atoms with Crippen LogP contribution in [0.2, 0.25) is 0 Å². The van der Waals surface area contributed by atoms with Crippen molar-refractivity contribution in [1.29, 1.82) is 0 Å². The lowest BCUT2D eigenvalue weighted by molar-refractivity contribution is -0.139. The zero-order chi connectivity index (χ0) is 23.1. The molecule has 0 saturated carbocycles. The molecule has 10 heteroatoms. The molecule has 0 fully saturated rings. The molecule has 0 aliphatic carbocycles. The van der Waals surface area contributed by atoms with Gasteiger partial charge in [0.1, 0.15) is 16.9 Å². The molecule has 0 aliphatic heterocycles. The van der Waals surface area contributed by atoms with Crippen LogP contribution in [0.15, 0.2) is 70.9 Å². The van der Waals surface area contributed by atoms with E-state index in [1.54, 1.807) is 29.6 Å². The third-order valence-corrected chi connectivity index (χ3v) is 7.88. The molecule has 3 aromatic rings. The minimum Gasteiger partial charge on any atom is -0.348 e. The minimum absolute atomic E-state index is 0.0877. The molecule has 6 nitrogen and oxygen atoms in total. The predicted octanol–water partition coefficient (Wildman–Crippen LogP) is 3.02. The second kappa shape index (κ2) is 10.5. The molecule has 0 radical (unpaired) electrons. The van der Waals surface area contributed by atoms with E-state index in [1.165, 1.54) is 23.5 Å². The van der Waals surface area contributed by atoms with Gasteiger partial charge in [-0.25, -0.2) is 17.2 Å². The summed E-state index contributed by atoms with van der Waals surface area (Å²) in [6.45, 7) is -0.176. The number of hydrogen-bond donors (Lipinski definition) is 2. The van der Waals surface area contributed by atoms with Crippen LogP contribution in [0.1, 0.15) is 15.7 Å². The van der Waals surface area contributed by atoms with E-state index in [9.17, 15) is 26.8 Å². The van der Waals surface area contributed by atoms with Gasteiger partial charge in [-0.15, -0.1) is 11.3 Å². The van der Waals surface area contributed by atoms with Crippen LogP contribution in [0, 0.1) is 11.6 Å². The second-order valence-electron chi connectivity index (χ2n) is 6.85. The molecular weight excluding hydrogens is 458 g/mol. The lowest BCUT2D eigenvalue weighted by Crippen LogP contribution is -2.42. The van der Waals surface area contributed by atoms with Crippen molar-refractivity contribution < 1.29 is 26.8 Å². The first-order valence-corrected chi connectivity index (χ1v) is 12.0. The molecule has 2 N–H and O–H groups in total. The summed E-state index contributed by atoms with van der Waals surface area (Å²) in [5.74, 6) is -2.81. The first-order chi connectivity index (χ1) is 15.3. The van der Waals surface area contributed by atoms with Crippen LogP contribution >= 0.6 is 11.3 Å². The van der Waals surface area contributed by atoms with E-state index in [1.807, 2.05) is 0 Å². The Hall–Kier alpha value is -3.11. The number of nitrogens with one attached hydrogen (secondary N) is 2. The van der Waals surface area contributed by atoms with E-state index < -0.39 is 32.7 Å². The van der Waals surface area contributed by atoms with Gasteiger partial charge in [0.15, 0.2) is 9.84 Å². The largest absolute Gasteiger partial charge is 0.348 e. The number of halogens is 2. The number of thiophene rings is 1. The topological polar surface area (TPSA) is 92.3 Å². The first-order valence-electron chi connectivity index (χ1n) is 9.60. The van der Waals surface area contributed by atoms with Crippen LogP contribution in [0.3, 0.4) is 0 Å². The van der Waals surface area contributed by atoms with E-state index in [2.05, 4.69) is 10.6 Å². The molecule has 32 heavy (non-hydrogen) atoms. The Balaban J connectivity index is 1.61. The fraction of sp³-hybridized carbons (Fsp3) is 0.182. The number of carbonyl (C=O) groups is 2. The van der Waals surface area contributed by atoms with Gasteiger partial charge in [0.25, 0.3) is 0 Å². The Morgan fingerprint density at radius 1 is 0.875 bits per heavy atom. The molecule has 0 unspecified atom stereocenters. The van der Waals surface area contributed by atoms with Crippen molar-refractivity contribution in [3.63, 3.8) is 0 Å². The van der Waals surface area contributed by atoms with E-state index in [0.717, 1.165) is 29.8 Å². The van der Waals surface area contributed by atoms with Gasteiger partial charge in [0, 0.05) is 18.0 Å². The summed E-state index contributed by atoms with van der Waals surface area (Å²) >= 11 is 1.20. The molecule has 1 heterocycles. The number of amides is 2. The Bertz CT molecular complexity index is 1160. The fourth-order valence-corrected chi connectivity index (χ4v) is 5.73. The fourth-order valence-electron chi connectivity index (χ4n) is 2.94. The molecule has 1 aromatic heterocycles. The number of hydrogen-bond acceptors (Lipinski definition) is 5. The van der Waals surface area contributed by atoms with Crippen LogP contribution in [0.4, 0.5) is 8.78 Å². The van der Waals surface area contributed by atoms with E-state index in [4.69, 9.17) is 0 Å². The maximum absolute atomic E-state index is 13.2. The van der Waals surface area contributed by atoms with Crippen molar-refractivity contribution in [2.45, 2.75) is 16.6 Å². The Labute approximate surface area is 188 Å². The summed E-state index contributed by atoms with van der Waals surface area (Å²) in [5, 5.41) is 5.38. The van der Waals surface area contributed by atoms with Gasteiger partial charge >= 0.3 is 11.8 Å². The highest BCUT2D eigenvalue weighted by atomic mass is 32.2. The van der Waals surface area contributed by atoms with E-state index in [-0.39, 0.29) is 23.8 Å². The zero-order valence-electron chi connectivity index (χ0n) is 16.8. The van der Waals surface area contributed by atoms with Gasteiger partial charge < -0.3 is 10.6 Å². The number of carbonyl (C=O) groups excluding carboxylic acids is 2. The predicted molar refractivity (Wildman–Crippen MR) is 117 cm³/mol. The smallest absolute Gasteiger partial charge is 0.309 e. The highest BCUT2D eigenvalue weighted by Crippen LogP contribution is 2.31. The van der Waals surface area contributed by atoms with Crippen molar-refractivity contribution in [2.75, 3.05) is 13.1 Å². The maximum atomic E-state index is 13.2. The SMILES string of the molecule is O=C(NCCc1ccc(F)cc1)C(=O)NC[C@@H](c1cccs1)S(=O)(=O)c1ccc(F)cc1. The summed E-state index contributed by atoms with van der Waals surface area (Å²) in [7, 11) is -3.95. The third kappa shape index (κ3) is 5.98. The summed E-state index contributed by atoms with van der Waals surface area (Å²) in [5.41, 5.74) is 0.787. The van der Waals surface area contributed by atoms with Crippen LogP contribution in [0.25, 0.3) is 0 Å².